The van der Waals surface area contributed by atoms with Crippen molar-refractivity contribution in [3.05, 3.63) is 11.6 Å². The van der Waals surface area contributed by atoms with Gasteiger partial charge >= 0.3 is 5.97 Å². The number of esters is 1. The molecule has 111 heavy (non-hydrogen) atoms. The number of aliphatic hydroxyl groups excluding tert-OH is 20. The van der Waals surface area contributed by atoms with Gasteiger partial charge in [-0.05, 0) is 123 Å². The van der Waals surface area contributed by atoms with Crippen LogP contribution >= 0.6 is 0 Å². The molecule has 0 aromatic rings. The molecule has 2 unspecified atom stereocenters. The fourth-order valence-corrected chi connectivity index (χ4v) is 21.0. The van der Waals surface area contributed by atoms with Gasteiger partial charge < -0.3 is 178 Å². The topological polar surface area (TPSA) is 569 Å². The predicted molar refractivity (Wildman–Crippen MR) is 366 cm³/mol. The number of ether oxygens (including phenoxy) is 16. The zero-order valence-electron chi connectivity index (χ0n) is 63.9. The Bertz CT molecular complexity index is 3180. The van der Waals surface area contributed by atoms with E-state index in [2.05, 4.69) is 54.5 Å². The molecule has 37 nitrogen and oxygen atoms in total. The van der Waals surface area contributed by atoms with Gasteiger partial charge in [0.15, 0.2) is 50.1 Å². The molecule has 13 aliphatic rings. The first kappa shape index (κ1) is 86.7. The lowest BCUT2D eigenvalue weighted by molar-refractivity contribution is -0.381. The van der Waals surface area contributed by atoms with Crippen LogP contribution in [0.5, 0.6) is 0 Å². The minimum Gasteiger partial charge on any atom is -0.432 e. The molecule has 37 heteroatoms. The molecule has 13 rings (SSSR count). The molecule has 8 aliphatic heterocycles. The molecule has 0 aromatic carbocycles. The number of carbonyl (C=O) groups excluding carboxylic acids is 1. The van der Waals surface area contributed by atoms with E-state index in [1.807, 2.05) is 0 Å². The first-order valence-electron chi connectivity index (χ1n) is 39.2. The van der Waals surface area contributed by atoms with Crippen LogP contribution in [0.3, 0.4) is 0 Å². The summed E-state index contributed by atoms with van der Waals surface area (Å²) in [4.78, 5) is 16.0. The Labute approximate surface area is 641 Å². The van der Waals surface area contributed by atoms with E-state index >= 15 is 4.79 Å². The minimum absolute atomic E-state index is 0.0310. The number of carbonyl (C=O) groups is 1. The molecule has 0 radical (unpaired) electrons. The van der Waals surface area contributed by atoms with Crippen molar-refractivity contribution in [2.75, 3.05) is 39.6 Å². The molecule has 20 N–H and O–H groups in total. The first-order valence-corrected chi connectivity index (χ1v) is 39.2. The number of aliphatic hydroxyl groups is 20. The molecule has 44 atom stereocenters. The summed E-state index contributed by atoms with van der Waals surface area (Å²) in [7, 11) is 0. The Morgan fingerprint density at radius 1 is 0.405 bits per heavy atom. The highest BCUT2D eigenvalue weighted by atomic mass is 16.8. The van der Waals surface area contributed by atoms with Crippen molar-refractivity contribution in [2.24, 2.45) is 50.2 Å². The molecule has 0 spiro atoms. The lowest BCUT2D eigenvalue weighted by atomic mass is 9.33. The van der Waals surface area contributed by atoms with Gasteiger partial charge in [-0.25, -0.2) is 0 Å². The predicted octanol–water partition coefficient (Wildman–Crippen LogP) is -6.13. The van der Waals surface area contributed by atoms with Crippen LogP contribution in [0.2, 0.25) is 0 Å². The van der Waals surface area contributed by atoms with Crippen molar-refractivity contribution in [1.29, 1.82) is 0 Å². The van der Waals surface area contributed by atoms with Crippen LogP contribution in [0.4, 0.5) is 0 Å². The van der Waals surface area contributed by atoms with Gasteiger partial charge in [-0.1, -0.05) is 60.1 Å². The summed E-state index contributed by atoms with van der Waals surface area (Å²) in [5.41, 5.74) is -2.12. The Morgan fingerprint density at radius 2 is 0.874 bits per heavy atom. The van der Waals surface area contributed by atoms with Crippen molar-refractivity contribution >= 4 is 5.97 Å². The van der Waals surface area contributed by atoms with E-state index in [9.17, 15) is 102 Å². The lowest BCUT2D eigenvalue weighted by Gasteiger charge is -2.71. The Hall–Kier alpha value is -2.19. The van der Waals surface area contributed by atoms with Crippen LogP contribution in [0.25, 0.3) is 0 Å². The molecule has 0 amide bonds. The van der Waals surface area contributed by atoms with Crippen LogP contribution in [-0.4, -0.2) is 375 Å². The number of rotatable bonds is 18. The summed E-state index contributed by atoms with van der Waals surface area (Å²) in [6.45, 7) is 15.4. The molecule has 12 fully saturated rings. The Kier molecular flexibility index (Phi) is 25.8. The van der Waals surface area contributed by atoms with Crippen LogP contribution in [0.1, 0.15) is 127 Å². The highest BCUT2D eigenvalue weighted by Crippen LogP contribution is 2.76. The summed E-state index contributed by atoms with van der Waals surface area (Å²) in [6.07, 6.45) is -52.2. The van der Waals surface area contributed by atoms with Gasteiger partial charge in [-0.3, -0.25) is 4.79 Å². The van der Waals surface area contributed by atoms with Crippen LogP contribution < -0.4 is 0 Å². The van der Waals surface area contributed by atoms with Gasteiger partial charge in [0.05, 0.1) is 63.4 Å². The van der Waals surface area contributed by atoms with Gasteiger partial charge in [-0.15, -0.1) is 0 Å². The first-order chi connectivity index (χ1) is 52.1. The van der Waals surface area contributed by atoms with Gasteiger partial charge in [0.2, 0.25) is 6.29 Å². The molecule has 0 aromatic heterocycles. The van der Waals surface area contributed by atoms with Gasteiger partial charge in [-0.2, -0.15) is 0 Å². The molecule has 0 bridgehead atoms. The highest BCUT2D eigenvalue weighted by molar-refractivity contribution is 5.79. The number of allylic oxidation sites excluding steroid dienone is 2. The lowest BCUT2D eigenvalue weighted by Crippen LogP contribution is -2.67. The van der Waals surface area contributed by atoms with Crippen LogP contribution in [0.15, 0.2) is 11.6 Å². The summed E-state index contributed by atoms with van der Waals surface area (Å²) in [6, 6.07) is 0. The van der Waals surface area contributed by atoms with E-state index in [0.29, 0.717) is 51.4 Å². The Morgan fingerprint density at radius 3 is 1.51 bits per heavy atom. The average molecular weight is 1600 g/mol. The molecule has 8 saturated heterocycles. The third-order valence-corrected chi connectivity index (χ3v) is 28.2. The SMILES string of the molecule is C[C@@H]1O[C@@H](OC[C@H]2O[C@@H](OC(=O)[C@]34CCC(C)(C)C[C@H]3C3=CCC5[C@@]6(C)CC[C@H](O[C@@H]7O[C@H](CO[C@@H]8OC[C@H](O)[C@H](O)[C@H]8O[C@@H]8OC[C@@H](O)[C@H](O)[C@H]8O)[C@@H](O)[C@H](O)[C@H]7O)C(C)(C)C6CC[C@@]5(C)[C@]3(C)CC4)[C@H](O[C@@H]3O[C@@H](C)[C@H](O[C@@H]4OC[C@@H](O)[C@H](O[C@@H]5OC[C@@H](O)[C@H](O)[C@H]5O)[C@H]4O)[C@@H](O)[C@H]3O)[C@@H](O)[C@@H]2O)[C@H](O)[C@H](O)[C@H]1O. The fourth-order valence-electron chi connectivity index (χ4n) is 21.0. The quantitative estimate of drug-likeness (QED) is 0.0345. The highest BCUT2D eigenvalue weighted by Gasteiger charge is 2.71. The van der Waals surface area contributed by atoms with Gasteiger partial charge in [0.25, 0.3) is 0 Å². The van der Waals surface area contributed by atoms with E-state index in [-0.39, 0.29) is 28.1 Å². The molecule has 638 valence electrons. The fraction of sp³-hybridized carbons (Fsp3) is 0.959. The second-order valence-electron chi connectivity index (χ2n) is 35.8. The van der Waals surface area contributed by atoms with Crippen LogP contribution in [0, 0.1) is 50.2 Å². The van der Waals surface area contributed by atoms with Crippen molar-refractivity contribution in [1.82, 2.24) is 0 Å². The van der Waals surface area contributed by atoms with Crippen LogP contribution in [-0.2, 0) is 80.6 Å². The zero-order chi connectivity index (χ0) is 80.6. The zero-order valence-corrected chi connectivity index (χ0v) is 63.9. The monoisotopic (exact) mass is 1600 g/mol. The molecular weight excluding hydrogens is 1480 g/mol. The maximum Gasteiger partial charge on any atom is 0.315 e. The molecule has 8 heterocycles. The smallest absolute Gasteiger partial charge is 0.315 e. The standard InChI is InChI=1S/C74H120O37/c1-27-40(79)46(85)52(91)60(102-27)100-25-36-45(84)48(87)59(110-64-54(93)49(88)56(28(2)103-64)107-63-55(94)57(34(78)24-98-63)108-61-50(89)41(80)31(75)21-96-61)67(105-36)111-68(95)74-18-16-69(3,4)20-30(74)29-10-11-38-71(7)14-13-39(70(5,6)37(71)12-15-73(38,9)72(29,8)17-19-74)106-65-53(92)47(86)44(83)35(104-65)26-101-66-58(43(82)33(77)23-99-66)109-62-51(90)42(81)32(76)22-97-62/h10,27-28,30-67,75-94H,11-26H2,1-9H3/t27-,28-,30-,31+,32+,33-,34+,35+,36+,37?,38?,39-,40-,41-,42-,43-,44+,45+,46+,47-,48-,49-,50+,51+,52+,53+,54+,55+,56-,57-,58+,59+,60+,61-,62-,63-,64-,65-,66-,67-,71-,72+,73+,74-/m0/s1. The normalized spacial score (nSPS) is 54.8. The molecular formula is C74H120O37. The second-order valence-corrected chi connectivity index (χ2v) is 35.8. The number of fused-ring (bicyclic) bond motifs is 7. The maximum absolute atomic E-state index is 16.0. The largest absolute Gasteiger partial charge is 0.432 e. The van der Waals surface area contributed by atoms with E-state index in [4.69, 9.17) is 75.8 Å². The molecule has 4 saturated carbocycles. The summed E-state index contributed by atoms with van der Waals surface area (Å²) in [5.74, 6) is -0.989. The van der Waals surface area contributed by atoms with Crippen molar-refractivity contribution in [2.45, 2.75) is 354 Å². The third kappa shape index (κ3) is 15.8. The van der Waals surface area contributed by atoms with Crippen molar-refractivity contribution in [3.63, 3.8) is 0 Å². The van der Waals surface area contributed by atoms with E-state index in [0.717, 1.165) is 18.4 Å². The molecule has 5 aliphatic carbocycles. The summed E-state index contributed by atoms with van der Waals surface area (Å²) in [5, 5.41) is 220. The van der Waals surface area contributed by atoms with E-state index in [1.54, 1.807) is 0 Å². The maximum atomic E-state index is 16.0. The number of hydrogen-bond donors (Lipinski definition) is 20. The average Bonchev–Trinajstić information content (AvgIpc) is 0.674. The summed E-state index contributed by atoms with van der Waals surface area (Å²) >= 11 is 0. The van der Waals surface area contributed by atoms with E-state index in [1.165, 1.54) is 13.8 Å². The van der Waals surface area contributed by atoms with E-state index < -0.39 is 295 Å². The second kappa shape index (κ2) is 33.1. The summed E-state index contributed by atoms with van der Waals surface area (Å²) < 4.78 is 95.4. The third-order valence-electron chi connectivity index (χ3n) is 28.2. The van der Waals surface area contributed by atoms with Gasteiger partial charge in [0, 0.05) is 0 Å². The van der Waals surface area contributed by atoms with Gasteiger partial charge in [0.1, 0.15) is 153 Å². The Balaban J connectivity index is 0.709. The van der Waals surface area contributed by atoms with Crippen molar-refractivity contribution < 1.29 is 183 Å². The minimum atomic E-state index is -2.07. The number of hydrogen-bond acceptors (Lipinski definition) is 37. The van der Waals surface area contributed by atoms with Crippen molar-refractivity contribution in [3.8, 4) is 0 Å².